The van der Waals surface area contributed by atoms with E-state index in [1.807, 2.05) is 13.8 Å². The number of hydrogen-bond donors (Lipinski definition) is 2. The normalized spacial score (nSPS) is 11.9. The van der Waals surface area contributed by atoms with E-state index >= 15 is 0 Å². The first-order chi connectivity index (χ1) is 7.54. The fraction of sp³-hybridized carbons (Fsp3) is 0.364. The second-order valence-corrected chi connectivity index (χ2v) is 4.01. The summed E-state index contributed by atoms with van der Waals surface area (Å²) in [6.45, 7) is 3.74. The van der Waals surface area contributed by atoms with Gasteiger partial charge < -0.3 is 11.1 Å². The molecule has 4 nitrogen and oxygen atoms in total. The van der Waals surface area contributed by atoms with Crippen molar-refractivity contribution in [3.63, 3.8) is 0 Å². The van der Waals surface area contributed by atoms with Crippen LogP contribution in [-0.4, -0.2) is 15.9 Å². The van der Waals surface area contributed by atoms with E-state index in [9.17, 15) is 4.79 Å². The number of pyridine rings is 1. The summed E-state index contributed by atoms with van der Waals surface area (Å²) < 4.78 is 0. The van der Waals surface area contributed by atoms with E-state index in [-0.39, 0.29) is 10.9 Å². The van der Waals surface area contributed by atoms with E-state index < -0.39 is 5.92 Å². The van der Waals surface area contributed by atoms with Gasteiger partial charge >= 0.3 is 0 Å². The molecule has 0 spiro atoms. The summed E-state index contributed by atoms with van der Waals surface area (Å²) in [5.41, 5.74) is 7.05. The Balaban J connectivity index is 2.74. The summed E-state index contributed by atoms with van der Waals surface area (Å²) in [6.07, 6.45) is 2.25. The van der Waals surface area contributed by atoms with Crippen molar-refractivity contribution in [1.82, 2.24) is 4.98 Å². The van der Waals surface area contributed by atoms with Crippen LogP contribution in [0.2, 0.25) is 0 Å². The Bertz CT molecular complexity index is 406. The van der Waals surface area contributed by atoms with Gasteiger partial charge in [-0.25, -0.2) is 0 Å². The molecule has 0 fully saturated rings. The Labute approximate surface area is 100 Å². The summed E-state index contributed by atoms with van der Waals surface area (Å²) >= 11 is 4.84. The summed E-state index contributed by atoms with van der Waals surface area (Å²) in [5, 5.41) is 2.77. The number of aromatic nitrogens is 1. The Morgan fingerprint density at radius 3 is 2.88 bits per heavy atom. The third-order valence-electron chi connectivity index (χ3n) is 2.23. The maximum atomic E-state index is 11.8. The summed E-state index contributed by atoms with van der Waals surface area (Å²) in [6, 6.07) is 3.53. The Kier molecular flexibility index (Phi) is 4.37. The van der Waals surface area contributed by atoms with Gasteiger partial charge in [0.25, 0.3) is 0 Å². The van der Waals surface area contributed by atoms with Crippen LogP contribution in [-0.2, 0) is 4.79 Å². The quantitative estimate of drug-likeness (QED) is 0.781. The van der Waals surface area contributed by atoms with Gasteiger partial charge in [-0.2, -0.15) is 0 Å². The van der Waals surface area contributed by atoms with Crippen LogP contribution in [0.15, 0.2) is 18.3 Å². The minimum atomic E-state index is -0.413. The molecule has 0 saturated heterocycles. The zero-order chi connectivity index (χ0) is 12.1. The van der Waals surface area contributed by atoms with Gasteiger partial charge in [-0.3, -0.25) is 9.78 Å². The number of carbonyl (C=O) groups is 1. The van der Waals surface area contributed by atoms with Crippen LogP contribution in [0.4, 0.5) is 5.69 Å². The molecule has 1 atom stereocenters. The highest BCUT2D eigenvalue weighted by atomic mass is 32.1. The van der Waals surface area contributed by atoms with E-state index in [2.05, 4.69) is 10.3 Å². The zero-order valence-electron chi connectivity index (χ0n) is 9.36. The molecule has 3 N–H and O–H groups in total. The lowest BCUT2D eigenvalue weighted by molar-refractivity contribution is -0.118. The van der Waals surface area contributed by atoms with Crippen molar-refractivity contribution < 1.29 is 4.79 Å². The molecule has 0 aliphatic rings. The van der Waals surface area contributed by atoms with Gasteiger partial charge in [-0.1, -0.05) is 19.1 Å². The number of anilines is 1. The molecular formula is C11H15N3OS. The lowest BCUT2D eigenvalue weighted by atomic mass is 10.1. The lowest BCUT2D eigenvalue weighted by Crippen LogP contribution is -2.32. The molecule has 86 valence electrons. The average molecular weight is 237 g/mol. The molecule has 5 heteroatoms. The van der Waals surface area contributed by atoms with Crippen molar-refractivity contribution in [2.75, 3.05) is 5.32 Å². The summed E-state index contributed by atoms with van der Waals surface area (Å²) in [4.78, 5) is 16.1. The standard InChI is InChI=1S/C11H15N3OS/c1-3-9(10(12)16)11(15)14-8-4-5-13-7(2)6-8/h4-6,9H,3H2,1-2H3,(H2,12,16)(H,13,14,15). The van der Waals surface area contributed by atoms with Crippen molar-refractivity contribution in [3.05, 3.63) is 24.0 Å². The zero-order valence-corrected chi connectivity index (χ0v) is 10.2. The van der Waals surface area contributed by atoms with Gasteiger partial charge in [0.2, 0.25) is 5.91 Å². The van der Waals surface area contributed by atoms with Crippen LogP contribution in [0.1, 0.15) is 19.0 Å². The largest absolute Gasteiger partial charge is 0.393 e. The number of hydrogen-bond acceptors (Lipinski definition) is 3. The second-order valence-electron chi connectivity index (χ2n) is 3.54. The number of rotatable bonds is 4. The molecule has 0 aromatic carbocycles. The molecule has 1 unspecified atom stereocenters. The third kappa shape index (κ3) is 3.27. The van der Waals surface area contributed by atoms with Gasteiger partial charge in [-0.15, -0.1) is 0 Å². The Hall–Kier alpha value is -1.49. The smallest absolute Gasteiger partial charge is 0.234 e. The van der Waals surface area contributed by atoms with E-state index in [4.69, 9.17) is 18.0 Å². The lowest BCUT2D eigenvalue weighted by Gasteiger charge is -2.13. The first-order valence-electron chi connectivity index (χ1n) is 5.07. The van der Waals surface area contributed by atoms with Gasteiger partial charge in [0.15, 0.2) is 0 Å². The van der Waals surface area contributed by atoms with E-state index in [0.29, 0.717) is 12.1 Å². The minimum Gasteiger partial charge on any atom is -0.393 e. The van der Waals surface area contributed by atoms with Crippen LogP contribution in [0.3, 0.4) is 0 Å². The molecule has 0 bridgehead atoms. The van der Waals surface area contributed by atoms with Crippen molar-refractivity contribution >= 4 is 28.8 Å². The molecule has 1 aromatic heterocycles. The van der Waals surface area contributed by atoms with E-state index in [0.717, 1.165) is 5.69 Å². The maximum Gasteiger partial charge on any atom is 0.234 e. The van der Waals surface area contributed by atoms with Crippen LogP contribution < -0.4 is 11.1 Å². The Morgan fingerprint density at radius 1 is 1.69 bits per heavy atom. The van der Waals surface area contributed by atoms with Crippen LogP contribution in [0.25, 0.3) is 0 Å². The SMILES string of the molecule is CCC(C(=O)Nc1ccnc(C)c1)C(N)=S. The molecule has 1 rings (SSSR count). The number of thiocarbonyl (C=S) groups is 1. The first kappa shape index (κ1) is 12.6. The Morgan fingerprint density at radius 2 is 2.38 bits per heavy atom. The van der Waals surface area contributed by atoms with Crippen LogP contribution >= 0.6 is 12.2 Å². The monoisotopic (exact) mass is 237 g/mol. The molecule has 0 aliphatic carbocycles. The molecule has 1 heterocycles. The fourth-order valence-electron chi connectivity index (χ4n) is 1.37. The average Bonchev–Trinajstić information content (AvgIpc) is 2.17. The van der Waals surface area contributed by atoms with Crippen LogP contribution in [0.5, 0.6) is 0 Å². The van der Waals surface area contributed by atoms with Crippen molar-refractivity contribution in [2.24, 2.45) is 11.7 Å². The molecule has 0 radical (unpaired) electrons. The molecule has 0 saturated carbocycles. The number of carbonyl (C=O) groups excluding carboxylic acids is 1. The van der Waals surface area contributed by atoms with Gasteiger partial charge in [0.1, 0.15) is 0 Å². The topological polar surface area (TPSA) is 68.0 Å². The molecule has 0 aliphatic heterocycles. The highest BCUT2D eigenvalue weighted by Gasteiger charge is 2.19. The fourth-order valence-corrected chi connectivity index (χ4v) is 1.64. The maximum absolute atomic E-state index is 11.8. The van der Waals surface area contributed by atoms with Crippen molar-refractivity contribution in [1.29, 1.82) is 0 Å². The number of nitrogens with two attached hydrogens (primary N) is 1. The van der Waals surface area contributed by atoms with Gasteiger partial charge in [-0.05, 0) is 25.5 Å². The third-order valence-corrected chi connectivity index (χ3v) is 2.52. The van der Waals surface area contributed by atoms with E-state index in [1.54, 1.807) is 18.3 Å². The number of nitrogens with one attached hydrogen (secondary N) is 1. The van der Waals surface area contributed by atoms with Crippen molar-refractivity contribution in [3.8, 4) is 0 Å². The van der Waals surface area contributed by atoms with Gasteiger partial charge in [0.05, 0.1) is 10.9 Å². The van der Waals surface area contributed by atoms with E-state index in [1.165, 1.54) is 0 Å². The number of nitrogens with zero attached hydrogens (tertiary/aromatic N) is 1. The molecule has 16 heavy (non-hydrogen) atoms. The second kappa shape index (κ2) is 5.55. The summed E-state index contributed by atoms with van der Waals surface area (Å²) in [7, 11) is 0. The number of aryl methyl sites for hydroxylation is 1. The predicted octanol–water partition coefficient (Wildman–Crippen LogP) is 1.64. The van der Waals surface area contributed by atoms with Crippen molar-refractivity contribution in [2.45, 2.75) is 20.3 Å². The van der Waals surface area contributed by atoms with Gasteiger partial charge in [0, 0.05) is 17.6 Å². The first-order valence-corrected chi connectivity index (χ1v) is 5.48. The number of amides is 1. The predicted molar refractivity (Wildman–Crippen MR) is 68.2 cm³/mol. The highest BCUT2D eigenvalue weighted by Crippen LogP contribution is 2.11. The molecule has 1 aromatic rings. The molecule has 1 amide bonds. The van der Waals surface area contributed by atoms with Crippen LogP contribution in [0, 0.1) is 12.8 Å². The molecular weight excluding hydrogens is 222 g/mol. The highest BCUT2D eigenvalue weighted by molar-refractivity contribution is 7.80. The minimum absolute atomic E-state index is 0.166. The summed E-state index contributed by atoms with van der Waals surface area (Å²) in [5.74, 6) is -0.580.